The van der Waals surface area contributed by atoms with Crippen molar-refractivity contribution in [3.05, 3.63) is 59.7 Å². The quantitative estimate of drug-likeness (QED) is 0.719. The fourth-order valence-electron chi connectivity index (χ4n) is 3.90. The summed E-state index contributed by atoms with van der Waals surface area (Å²) in [6.45, 7) is 1.20. The first kappa shape index (κ1) is 21.5. The van der Waals surface area contributed by atoms with Gasteiger partial charge in [-0.05, 0) is 49.2 Å². The molecule has 1 amide bonds. The Morgan fingerprint density at radius 3 is 2.34 bits per heavy atom. The van der Waals surface area contributed by atoms with Gasteiger partial charge in [0, 0.05) is 13.1 Å². The van der Waals surface area contributed by atoms with Gasteiger partial charge in [-0.2, -0.15) is 0 Å². The van der Waals surface area contributed by atoms with Crippen molar-refractivity contribution in [2.24, 2.45) is 0 Å². The van der Waals surface area contributed by atoms with Gasteiger partial charge in [-0.25, -0.2) is 8.42 Å². The van der Waals surface area contributed by atoms with E-state index in [9.17, 15) is 13.2 Å². The topological polar surface area (TPSA) is 66.5 Å². The van der Waals surface area contributed by atoms with Crippen LogP contribution in [-0.2, 0) is 27.7 Å². The molecule has 3 rings (SSSR count). The average molecular weight is 415 g/mol. The Bertz CT molecular complexity index is 931. The highest BCUT2D eigenvalue weighted by Crippen LogP contribution is 2.26. The van der Waals surface area contributed by atoms with Gasteiger partial charge >= 0.3 is 0 Å². The summed E-state index contributed by atoms with van der Waals surface area (Å²) in [6.07, 6.45) is 3.24. The van der Waals surface area contributed by atoms with Crippen LogP contribution in [0.3, 0.4) is 0 Å². The van der Waals surface area contributed by atoms with E-state index in [2.05, 4.69) is 34.5 Å². The van der Waals surface area contributed by atoms with Crippen molar-refractivity contribution >= 4 is 15.7 Å². The standard InChI is InChI=1S/C23H30N2O3S/c1-25(2)16-18-11-13-19(14-12-18)22-10-6-3-7-20(22)15-24-23(26)17-29(27,28)21-8-4-5-9-21/h3,6-7,10-14,21H,4-5,8-9,15-17H2,1-2H3,(H,24,26). The Hall–Kier alpha value is -2.18. The Morgan fingerprint density at radius 2 is 1.69 bits per heavy atom. The van der Waals surface area contributed by atoms with Crippen LogP contribution in [0.5, 0.6) is 0 Å². The van der Waals surface area contributed by atoms with Gasteiger partial charge in [0.05, 0.1) is 5.25 Å². The van der Waals surface area contributed by atoms with Gasteiger partial charge in [-0.15, -0.1) is 0 Å². The molecule has 0 aliphatic heterocycles. The molecule has 0 spiro atoms. The minimum atomic E-state index is -3.36. The molecule has 2 aromatic rings. The minimum absolute atomic E-state index is 0.314. The maximum absolute atomic E-state index is 12.4. The molecular weight excluding hydrogens is 384 g/mol. The van der Waals surface area contributed by atoms with Gasteiger partial charge in [-0.1, -0.05) is 61.4 Å². The highest BCUT2D eigenvalue weighted by molar-refractivity contribution is 7.92. The van der Waals surface area contributed by atoms with Crippen LogP contribution in [0.25, 0.3) is 11.1 Å². The largest absolute Gasteiger partial charge is 0.351 e. The summed E-state index contributed by atoms with van der Waals surface area (Å²) in [5, 5.41) is 2.46. The van der Waals surface area contributed by atoms with Crippen LogP contribution >= 0.6 is 0 Å². The number of benzene rings is 2. The number of carbonyl (C=O) groups is 1. The van der Waals surface area contributed by atoms with Crippen LogP contribution in [0.2, 0.25) is 0 Å². The summed E-state index contributed by atoms with van der Waals surface area (Å²) in [4.78, 5) is 14.4. The summed E-state index contributed by atoms with van der Waals surface area (Å²) in [5.74, 6) is -0.841. The number of sulfone groups is 1. The zero-order chi connectivity index (χ0) is 20.9. The molecule has 0 unspecified atom stereocenters. The van der Waals surface area contributed by atoms with E-state index in [-0.39, 0.29) is 5.25 Å². The number of rotatable bonds is 8. The van der Waals surface area contributed by atoms with E-state index in [1.54, 1.807) is 0 Å². The summed E-state index contributed by atoms with van der Waals surface area (Å²) in [7, 11) is 0.724. The molecule has 0 radical (unpaired) electrons. The number of carbonyl (C=O) groups excluding carboxylic acids is 1. The first-order valence-corrected chi connectivity index (χ1v) is 11.9. The summed E-state index contributed by atoms with van der Waals surface area (Å²) >= 11 is 0. The van der Waals surface area contributed by atoms with Crippen molar-refractivity contribution in [2.75, 3.05) is 19.8 Å². The molecule has 2 aromatic carbocycles. The lowest BCUT2D eigenvalue weighted by Crippen LogP contribution is -2.33. The summed E-state index contributed by atoms with van der Waals surface area (Å²) in [6, 6.07) is 16.3. The molecule has 0 atom stereocenters. The Kier molecular flexibility index (Phi) is 7.09. The third kappa shape index (κ3) is 5.90. The van der Waals surface area contributed by atoms with Gasteiger partial charge < -0.3 is 10.2 Å². The number of amides is 1. The number of hydrogen-bond donors (Lipinski definition) is 1. The Labute approximate surface area is 174 Å². The lowest BCUT2D eigenvalue weighted by atomic mass is 9.98. The van der Waals surface area contributed by atoms with E-state index in [1.807, 2.05) is 38.4 Å². The lowest BCUT2D eigenvalue weighted by Gasteiger charge is -2.14. The molecule has 1 N–H and O–H groups in total. The monoisotopic (exact) mass is 414 g/mol. The molecular formula is C23H30N2O3S. The van der Waals surface area contributed by atoms with Gasteiger partial charge in [0.25, 0.3) is 0 Å². The van der Waals surface area contributed by atoms with Crippen LogP contribution in [0, 0.1) is 0 Å². The van der Waals surface area contributed by atoms with Gasteiger partial charge in [0.1, 0.15) is 5.75 Å². The number of nitrogens with zero attached hydrogens (tertiary/aromatic N) is 1. The molecule has 156 valence electrons. The lowest BCUT2D eigenvalue weighted by molar-refractivity contribution is -0.118. The van der Waals surface area contributed by atoms with Crippen molar-refractivity contribution < 1.29 is 13.2 Å². The SMILES string of the molecule is CN(C)Cc1ccc(-c2ccccc2CNC(=O)CS(=O)(=O)C2CCCC2)cc1. The predicted molar refractivity (Wildman–Crippen MR) is 117 cm³/mol. The molecule has 5 nitrogen and oxygen atoms in total. The third-order valence-corrected chi connectivity index (χ3v) is 7.55. The molecule has 1 saturated carbocycles. The van der Waals surface area contributed by atoms with E-state index in [4.69, 9.17) is 0 Å². The first-order chi connectivity index (χ1) is 13.8. The van der Waals surface area contributed by atoms with Crippen LogP contribution in [-0.4, -0.2) is 44.3 Å². The summed E-state index contributed by atoms with van der Waals surface area (Å²) < 4.78 is 24.8. The van der Waals surface area contributed by atoms with Gasteiger partial charge in [-0.3, -0.25) is 4.79 Å². The van der Waals surface area contributed by atoms with E-state index < -0.39 is 21.5 Å². The number of nitrogens with one attached hydrogen (secondary N) is 1. The van der Waals surface area contributed by atoms with Gasteiger partial charge in [0.15, 0.2) is 9.84 Å². The zero-order valence-corrected chi connectivity index (χ0v) is 18.0. The summed E-state index contributed by atoms with van der Waals surface area (Å²) in [5.41, 5.74) is 4.33. The normalized spacial score (nSPS) is 15.0. The minimum Gasteiger partial charge on any atom is -0.351 e. The molecule has 1 aliphatic rings. The van der Waals surface area contributed by atoms with Crippen molar-refractivity contribution in [1.29, 1.82) is 0 Å². The first-order valence-electron chi connectivity index (χ1n) is 10.2. The molecule has 6 heteroatoms. The van der Waals surface area contributed by atoms with Gasteiger partial charge in [0.2, 0.25) is 5.91 Å². The van der Waals surface area contributed by atoms with Crippen LogP contribution in [0.4, 0.5) is 0 Å². The van der Waals surface area contributed by atoms with Crippen LogP contribution in [0.1, 0.15) is 36.8 Å². The molecule has 1 fully saturated rings. The van der Waals surface area contributed by atoms with Crippen molar-refractivity contribution in [2.45, 2.75) is 44.0 Å². The van der Waals surface area contributed by atoms with Crippen LogP contribution < -0.4 is 5.32 Å². The fraction of sp³-hybridized carbons (Fsp3) is 0.435. The Balaban J connectivity index is 1.65. The fourth-order valence-corrected chi connectivity index (χ4v) is 5.66. The zero-order valence-electron chi connectivity index (χ0n) is 17.2. The maximum Gasteiger partial charge on any atom is 0.235 e. The molecule has 0 saturated heterocycles. The average Bonchev–Trinajstić information content (AvgIpc) is 3.22. The highest BCUT2D eigenvalue weighted by Gasteiger charge is 2.30. The third-order valence-electron chi connectivity index (χ3n) is 5.40. The predicted octanol–water partition coefficient (Wildman–Crippen LogP) is 3.39. The van der Waals surface area contributed by atoms with Crippen molar-refractivity contribution in [3.63, 3.8) is 0 Å². The maximum atomic E-state index is 12.4. The second-order valence-electron chi connectivity index (χ2n) is 8.08. The smallest absolute Gasteiger partial charge is 0.235 e. The van der Waals surface area contributed by atoms with Crippen molar-refractivity contribution in [3.8, 4) is 11.1 Å². The van der Waals surface area contributed by atoms with E-state index in [0.717, 1.165) is 36.1 Å². The molecule has 0 bridgehead atoms. The molecule has 1 aliphatic carbocycles. The van der Waals surface area contributed by atoms with E-state index in [1.165, 1.54) is 5.56 Å². The van der Waals surface area contributed by atoms with Crippen LogP contribution in [0.15, 0.2) is 48.5 Å². The highest BCUT2D eigenvalue weighted by atomic mass is 32.2. The second-order valence-corrected chi connectivity index (χ2v) is 10.4. The molecule has 0 heterocycles. The molecule has 29 heavy (non-hydrogen) atoms. The van der Waals surface area contributed by atoms with Crippen molar-refractivity contribution in [1.82, 2.24) is 10.2 Å². The second kappa shape index (κ2) is 9.55. The van der Waals surface area contributed by atoms with E-state index in [0.29, 0.717) is 19.4 Å². The Morgan fingerprint density at radius 1 is 1.03 bits per heavy atom. The van der Waals surface area contributed by atoms with E-state index >= 15 is 0 Å². The number of hydrogen-bond acceptors (Lipinski definition) is 4. The molecule has 0 aromatic heterocycles.